The highest BCUT2D eigenvalue weighted by atomic mass is 19.1. The molecule has 1 aliphatic heterocycles. The Hall–Kier alpha value is -4.06. The van der Waals surface area contributed by atoms with Crippen LogP contribution in [0.15, 0.2) is 72.8 Å². The molecule has 1 aliphatic rings. The van der Waals surface area contributed by atoms with Crippen molar-refractivity contribution in [1.29, 1.82) is 0 Å². The van der Waals surface area contributed by atoms with E-state index in [1.807, 2.05) is 61.5 Å². The Labute approximate surface area is 197 Å². The average Bonchev–Trinajstić information content (AvgIpc) is 2.88. The topological polar surface area (TPSA) is 49.8 Å². The molecule has 4 aromatic rings. The Morgan fingerprint density at radius 1 is 0.941 bits per heavy atom. The summed E-state index contributed by atoms with van der Waals surface area (Å²) >= 11 is 0. The van der Waals surface area contributed by atoms with Gasteiger partial charge in [-0.2, -0.15) is 0 Å². The number of hydrogen-bond donors (Lipinski definition) is 0. The number of nitrogens with zero attached hydrogens (tertiary/aromatic N) is 1. The zero-order valence-electron chi connectivity index (χ0n) is 19.2. The maximum absolute atomic E-state index is 15.3. The van der Waals surface area contributed by atoms with Crippen LogP contribution in [0.3, 0.4) is 0 Å². The third-order valence-corrected chi connectivity index (χ3v) is 5.97. The molecule has 0 fully saturated rings. The van der Waals surface area contributed by atoms with Gasteiger partial charge >= 0.3 is 0 Å². The molecule has 3 aromatic carbocycles. The van der Waals surface area contributed by atoms with Gasteiger partial charge in [-0.15, -0.1) is 0 Å². The summed E-state index contributed by atoms with van der Waals surface area (Å²) < 4.78 is 38.8. The smallest absolute Gasteiger partial charge is 0.225 e. The number of rotatable bonds is 6. The molecule has 0 radical (unpaired) electrons. The summed E-state index contributed by atoms with van der Waals surface area (Å²) in [5, 5.41) is 0.747. The first-order valence-corrected chi connectivity index (χ1v) is 11.0. The van der Waals surface area contributed by atoms with Crippen molar-refractivity contribution < 1.29 is 23.3 Å². The molecule has 0 aliphatic carbocycles. The lowest BCUT2D eigenvalue weighted by molar-refractivity contribution is 0.157. The Balaban J connectivity index is 1.80. The summed E-state index contributed by atoms with van der Waals surface area (Å²) in [7, 11) is 3.20. The third-order valence-electron chi connectivity index (χ3n) is 5.97. The van der Waals surface area contributed by atoms with Crippen molar-refractivity contribution in [3.63, 3.8) is 0 Å². The Bertz CT molecular complexity index is 1380. The molecule has 0 spiro atoms. The quantitative estimate of drug-likeness (QED) is 0.348. The minimum Gasteiger partial charge on any atom is -0.497 e. The third kappa shape index (κ3) is 3.43. The van der Waals surface area contributed by atoms with E-state index >= 15 is 4.39 Å². The number of benzene rings is 3. The Morgan fingerprint density at radius 3 is 2.44 bits per heavy atom. The summed E-state index contributed by atoms with van der Waals surface area (Å²) in [6.07, 6.45) is 3.75. The summed E-state index contributed by atoms with van der Waals surface area (Å²) in [6, 6.07) is 19.7. The number of ether oxygens (including phenoxy) is 4. The lowest BCUT2D eigenvalue weighted by atomic mass is 9.83. The molecule has 5 nitrogen and oxygen atoms in total. The molecule has 1 atom stereocenters. The monoisotopic (exact) mass is 457 g/mol. The highest BCUT2D eigenvalue weighted by Gasteiger charge is 2.41. The molecule has 0 bridgehead atoms. The number of methoxy groups -OCH3 is 2. The fourth-order valence-electron chi connectivity index (χ4n) is 4.35. The van der Waals surface area contributed by atoms with Gasteiger partial charge in [0, 0.05) is 16.5 Å². The number of para-hydroxylation sites is 1. The van der Waals surface area contributed by atoms with Crippen LogP contribution >= 0.6 is 0 Å². The minimum absolute atomic E-state index is 0.368. The van der Waals surface area contributed by atoms with Gasteiger partial charge < -0.3 is 18.9 Å². The lowest BCUT2D eigenvalue weighted by Crippen LogP contribution is -2.35. The normalized spacial score (nSPS) is 16.6. The SMILES string of the molecule is CCOc1nc2c(OC)cccc2c2c1C=CC(c1ccc(OC)cc1)(c1ccccc1F)O2. The van der Waals surface area contributed by atoms with Gasteiger partial charge in [0.2, 0.25) is 5.88 Å². The predicted octanol–water partition coefficient (Wildman–Crippen LogP) is 6.14. The predicted molar refractivity (Wildman–Crippen MR) is 129 cm³/mol. The molecule has 0 N–H and O–H groups in total. The fourth-order valence-corrected chi connectivity index (χ4v) is 4.35. The van der Waals surface area contributed by atoms with E-state index in [0.29, 0.717) is 46.4 Å². The number of aromatic nitrogens is 1. The van der Waals surface area contributed by atoms with Crippen molar-refractivity contribution in [1.82, 2.24) is 4.98 Å². The highest BCUT2D eigenvalue weighted by Crippen LogP contribution is 2.48. The van der Waals surface area contributed by atoms with Crippen molar-refractivity contribution in [3.05, 3.63) is 95.3 Å². The van der Waals surface area contributed by atoms with E-state index in [4.69, 9.17) is 23.9 Å². The van der Waals surface area contributed by atoms with E-state index in [-0.39, 0.29) is 5.82 Å². The molecule has 0 saturated heterocycles. The molecule has 2 heterocycles. The van der Waals surface area contributed by atoms with Crippen molar-refractivity contribution in [2.45, 2.75) is 12.5 Å². The number of hydrogen-bond acceptors (Lipinski definition) is 5. The number of pyridine rings is 1. The van der Waals surface area contributed by atoms with Crippen LogP contribution in [-0.4, -0.2) is 25.8 Å². The first kappa shape index (κ1) is 21.8. The van der Waals surface area contributed by atoms with E-state index in [2.05, 4.69) is 0 Å². The van der Waals surface area contributed by atoms with Gasteiger partial charge in [-0.1, -0.05) is 36.4 Å². The van der Waals surface area contributed by atoms with Gasteiger partial charge in [-0.3, -0.25) is 0 Å². The van der Waals surface area contributed by atoms with Gasteiger partial charge in [0.25, 0.3) is 0 Å². The first-order valence-electron chi connectivity index (χ1n) is 11.0. The summed E-state index contributed by atoms with van der Waals surface area (Å²) in [4.78, 5) is 4.71. The van der Waals surface area contributed by atoms with Gasteiger partial charge in [0.1, 0.15) is 28.6 Å². The van der Waals surface area contributed by atoms with Crippen LogP contribution in [0.2, 0.25) is 0 Å². The zero-order valence-corrected chi connectivity index (χ0v) is 19.2. The standard InChI is InChI=1S/C28H24FNO4/c1-4-33-27-21-16-17-28(22-9-5-6-10-23(22)29,18-12-14-19(31-2)15-13-18)34-26(21)20-8-7-11-24(32-3)25(20)30-27/h5-17H,4H2,1-3H3. The maximum Gasteiger partial charge on any atom is 0.225 e. The maximum atomic E-state index is 15.3. The van der Waals surface area contributed by atoms with Crippen molar-refractivity contribution >= 4 is 17.0 Å². The molecule has 1 aromatic heterocycles. The first-order chi connectivity index (χ1) is 16.6. The van der Waals surface area contributed by atoms with Crippen LogP contribution in [0, 0.1) is 5.82 Å². The number of fused-ring (bicyclic) bond motifs is 3. The van der Waals surface area contributed by atoms with E-state index in [9.17, 15) is 0 Å². The lowest BCUT2D eigenvalue weighted by Gasteiger charge is -2.37. The highest BCUT2D eigenvalue weighted by molar-refractivity contribution is 5.95. The van der Waals surface area contributed by atoms with Crippen LogP contribution in [0.1, 0.15) is 23.6 Å². The molecule has 6 heteroatoms. The van der Waals surface area contributed by atoms with Crippen LogP contribution in [0.4, 0.5) is 4.39 Å². The van der Waals surface area contributed by atoms with Crippen LogP contribution in [-0.2, 0) is 5.60 Å². The van der Waals surface area contributed by atoms with Gasteiger partial charge in [-0.05, 0) is 49.4 Å². The van der Waals surface area contributed by atoms with E-state index < -0.39 is 5.60 Å². The van der Waals surface area contributed by atoms with Crippen LogP contribution in [0.5, 0.6) is 23.1 Å². The van der Waals surface area contributed by atoms with Crippen molar-refractivity contribution in [3.8, 4) is 23.1 Å². The molecule has 172 valence electrons. The molecule has 0 amide bonds. The van der Waals surface area contributed by atoms with Crippen molar-refractivity contribution in [2.24, 2.45) is 0 Å². The summed E-state index contributed by atoms with van der Waals surface area (Å²) in [5.41, 5.74) is 1.24. The van der Waals surface area contributed by atoms with E-state index in [1.54, 1.807) is 32.4 Å². The molecule has 5 rings (SSSR count). The molecule has 0 saturated carbocycles. The second-order valence-electron chi connectivity index (χ2n) is 7.83. The van der Waals surface area contributed by atoms with Crippen LogP contribution in [0.25, 0.3) is 17.0 Å². The Morgan fingerprint density at radius 2 is 1.74 bits per heavy atom. The molecule has 34 heavy (non-hydrogen) atoms. The van der Waals surface area contributed by atoms with Gasteiger partial charge in [0.15, 0.2) is 5.60 Å². The second-order valence-corrected chi connectivity index (χ2v) is 7.83. The molecular formula is C28H24FNO4. The zero-order chi connectivity index (χ0) is 23.7. The fraction of sp³-hybridized carbons (Fsp3) is 0.179. The van der Waals surface area contributed by atoms with Crippen LogP contribution < -0.4 is 18.9 Å². The molecular weight excluding hydrogens is 433 g/mol. The summed E-state index contributed by atoms with van der Waals surface area (Å²) in [6.45, 7) is 2.33. The van der Waals surface area contributed by atoms with Crippen molar-refractivity contribution in [2.75, 3.05) is 20.8 Å². The van der Waals surface area contributed by atoms with Gasteiger partial charge in [-0.25, -0.2) is 9.37 Å². The van der Waals surface area contributed by atoms with E-state index in [0.717, 1.165) is 10.9 Å². The van der Waals surface area contributed by atoms with Gasteiger partial charge in [0.05, 0.1) is 26.4 Å². The number of halogens is 1. The Kier molecular flexibility index (Phi) is 5.57. The summed E-state index contributed by atoms with van der Waals surface area (Å²) in [5.74, 6) is 1.91. The minimum atomic E-state index is -1.22. The second kappa shape index (κ2) is 8.71. The van der Waals surface area contributed by atoms with E-state index in [1.165, 1.54) is 6.07 Å². The average molecular weight is 458 g/mol. The largest absolute Gasteiger partial charge is 0.497 e. The molecule has 1 unspecified atom stereocenters.